The average molecular weight is 242 g/mol. The van der Waals surface area contributed by atoms with E-state index in [1.54, 1.807) is 0 Å². The van der Waals surface area contributed by atoms with Crippen molar-refractivity contribution in [2.24, 2.45) is 0 Å². The summed E-state index contributed by atoms with van der Waals surface area (Å²) < 4.78 is 2.23. The number of aliphatic hydroxyl groups is 1. The van der Waals surface area contributed by atoms with Crippen LogP contribution in [0.25, 0.3) is 5.69 Å². The number of hydrogen-bond acceptors (Lipinski definition) is 2. The average Bonchev–Trinajstić information content (AvgIpc) is 2.67. The van der Waals surface area contributed by atoms with E-state index in [1.807, 2.05) is 12.4 Å². The monoisotopic (exact) mass is 242 g/mol. The Morgan fingerprint density at radius 1 is 1.28 bits per heavy atom. The fourth-order valence-electron chi connectivity index (χ4n) is 2.90. The van der Waals surface area contributed by atoms with Gasteiger partial charge in [-0.2, -0.15) is 0 Å². The normalized spacial score (nSPS) is 18.7. The van der Waals surface area contributed by atoms with Crippen LogP contribution in [0.5, 0.6) is 0 Å². The van der Waals surface area contributed by atoms with Crippen LogP contribution in [0.1, 0.15) is 41.5 Å². The maximum absolute atomic E-state index is 10.1. The zero-order valence-corrected chi connectivity index (χ0v) is 10.8. The molecule has 3 heteroatoms. The molecule has 2 heterocycles. The first kappa shape index (κ1) is 11.5. The molecule has 0 amide bonds. The van der Waals surface area contributed by atoms with Gasteiger partial charge in [-0.1, -0.05) is 0 Å². The van der Waals surface area contributed by atoms with E-state index in [-0.39, 0.29) is 6.10 Å². The predicted octanol–water partition coefficient (Wildman–Crippen LogP) is 2.86. The molecule has 18 heavy (non-hydrogen) atoms. The molecule has 0 aliphatic heterocycles. The highest BCUT2D eigenvalue weighted by molar-refractivity contribution is 5.43. The van der Waals surface area contributed by atoms with Crippen LogP contribution < -0.4 is 0 Å². The van der Waals surface area contributed by atoms with Gasteiger partial charge >= 0.3 is 0 Å². The summed E-state index contributed by atoms with van der Waals surface area (Å²) in [5.74, 6) is 0. The number of fused-ring (bicyclic) bond motifs is 1. The molecule has 1 N–H and O–H groups in total. The van der Waals surface area contributed by atoms with Gasteiger partial charge in [0.25, 0.3) is 0 Å². The van der Waals surface area contributed by atoms with Crippen LogP contribution >= 0.6 is 0 Å². The molecule has 0 aromatic carbocycles. The third-order valence-corrected chi connectivity index (χ3v) is 3.69. The maximum Gasteiger partial charge on any atom is 0.0807 e. The minimum atomic E-state index is -0.300. The van der Waals surface area contributed by atoms with Crippen LogP contribution in [0.15, 0.2) is 24.5 Å². The molecular formula is C15H18N2O. The van der Waals surface area contributed by atoms with Crippen LogP contribution in [0.4, 0.5) is 0 Å². The summed E-state index contributed by atoms with van der Waals surface area (Å²) in [6.45, 7) is 4.14. The van der Waals surface area contributed by atoms with E-state index in [4.69, 9.17) is 0 Å². The summed E-state index contributed by atoms with van der Waals surface area (Å²) in [6, 6.07) is 4.25. The van der Waals surface area contributed by atoms with Gasteiger partial charge in [0.1, 0.15) is 0 Å². The van der Waals surface area contributed by atoms with E-state index in [9.17, 15) is 5.11 Å². The molecule has 0 radical (unpaired) electrons. The highest BCUT2D eigenvalue weighted by Gasteiger charge is 2.23. The smallest absolute Gasteiger partial charge is 0.0807 e. The highest BCUT2D eigenvalue weighted by Crippen LogP contribution is 2.33. The highest BCUT2D eigenvalue weighted by atomic mass is 16.3. The number of aryl methyl sites for hydroxylation is 2. The molecule has 2 aromatic rings. The quantitative estimate of drug-likeness (QED) is 0.835. The van der Waals surface area contributed by atoms with E-state index < -0.39 is 0 Å². The van der Waals surface area contributed by atoms with E-state index in [1.165, 1.54) is 11.4 Å². The minimum absolute atomic E-state index is 0.300. The van der Waals surface area contributed by atoms with Gasteiger partial charge in [-0.25, -0.2) is 0 Å². The zero-order chi connectivity index (χ0) is 12.7. The lowest BCUT2D eigenvalue weighted by atomic mass is 9.95. The Kier molecular flexibility index (Phi) is 2.71. The van der Waals surface area contributed by atoms with Crippen molar-refractivity contribution >= 4 is 0 Å². The summed E-state index contributed by atoms with van der Waals surface area (Å²) in [4.78, 5) is 4.27. The SMILES string of the molecule is Cc1cncc(-n2c(C)cc3c2CCCC3O)c1. The summed E-state index contributed by atoms with van der Waals surface area (Å²) in [5.41, 5.74) is 5.78. The molecule has 1 unspecified atom stereocenters. The summed E-state index contributed by atoms with van der Waals surface area (Å²) in [5, 5.41) is 10.1. The van der Waals surface area contributed by atoms with Gasteiger partial charge < -0.3 is 9.67 Å². The van der Waals surface area contributed by atoms with Gasteiger partial charge in [0.15, 0.2) is 0 Å². The molecule has 0 saturated heterocycles. The molecular weight excluding hydrogens is 224 g/mol. The fraction of sp³-hybridized carbons (Fsp3) is 0.400. The van der Waals surface area contributed by atoms with E-state index in [0.29, 0.717) is 0 Å². The number of hydrogen-bond donors (Lipinski definition) is 1. The van der Waals surface area contributed by atoms with Crippen LogP contribution in [0.2, 0.25) is 0 Å². The standard InChI is InChI=1S/C15H18N2O/c1-10-6-12(9-16-8-10)17-11(2)7-13-14(17)4-3-5-15(13)18/h6-9,15,18H,3-5H2,1-2H3. The number of pyridine rings is 1. The Morgan fingerprint density at radius 2 is 2.11 bits per heavy atom. The summed E-state index contributed by atoms with van der Waals surface area (Å²) >= 11 is 0. The molecule has 1 aliphatic carbocycles. The lowest BCUT2D eigenvalue weighted by molar-refractivity contribution is 0.156. The summed E-state index contributed by atoms with van der Waals surface area (Å²) in [7, 11) is 0. The second-order valence-electron chi connectivity index (χ2n) is 5.15. The molecule has 3 rings (SSSR count). The molecule has 94 valence electrons. The Balaban J connectivity index is 2.18. The Hall–Kier alpha value is -1.61. The number of aromatic nitrogens is 2. The van der Waals surface area contributed by atoms with Gasteiger partial charge in [0.2, 0.25) is 0 Å². The Bertz CT molecular complexity index is 586. The Labute approximate surface area is 107 Å². The number of nitrogens with zero attached hydrogens (tertiary/aromatic N) is 2. The topological polar surface area (TPSA) is 38.0 Å². The second-order valence-corrected chi connectivity index (χ2v) is 5.15. The minimum Gasteiger partial charge on any atom is -0.388 e. The summed E-state index contributed by atoms with van der Waals surface area (Å²) in [6.07, 6.45) is 6.42. The van der Waals surface area contributed by atoms with Gasteiger partial charge in [-0.15, -0.1) is 0 Å². The molecule has 3 nitrogen and oxygen atoms in total. The molecule has 0 spiro atoms. The van der Waals surface area contributed by atoms with Gasteiger partial charge in [0.05, 0.1) is 18.0 Å². The molecule has 0 fully saturated rings. The first-order valence-corrected chi connectivity index (χ1v) is 6.48. The molecule has 1 atom stereocenters. The largest absolute Gasteiger partial charge is 0.388 e. The third-order valence-electron chi connectivity index (χ3n) is 3.69. The van der Waals surface area contributed by atoms with Crippen molar-refractivity contribution in [2.75, 3.05) is 0 Å². The predicted molar refractivity (Wildman–Crippen MR) is 70.9 cm³/mol. The molecule has 1 aliphatic rings. The first-order chi connectivity index (χ1) is 8.66. The van der Waals surface area contributed by atoms with Crippen molar-refractivity contribution in [3.63, 3.8) is 0 Å². The van der Waals surface area contributed by atoms with Crippen molar-refractivity contribution in [2.45, 2.75) is 39.2 Å². The molecule has 0 bridgehead atoms. The lowest BCUT2D eigenvalue weighted by Crippen LogP contribution is -2.11. The van der Waals surface area contributed by atoms with Crippen molar-refractivity contribution in [3.8, 4) is 5.69 Å². The van der Waals surface area contributed by atoms with Gasteiger partial charge in [-0.3, -0.25) is 4.98 Å². The molecule has 2 aromatic heterocycles. The van der Waals surface area contributed by atoms with Gasteiger partial charge in [-0.05, 0) is 50.8 Å². The third kappa shape index (κ3) is 1.75. The first-order valence-electron chi connectivity index (χ1n) is 6.48. The van der Waals surface area contributed by atoms with E-state index in [0.717, 1.165) is 36.1 Å². The van der Waals surface area contributed by atoms with Crippen molar-refractivity contribution in [3.05, 3.63) is 47.0 Å². The van der Waals surface area contributed by atoms with Crippen molar-refractivity contribution in [1.29, 1.82) is 0 Å². The van der Waals surface area contributed by atoms with Crippen molar-refractivity contribution < 1.29 is 5.11 Å². The lowest BCUT2D eigenvalue weighted by Gasteiger charge is -2.20. The van der Waals surface area contributed by atoms with Crippen LogP contribution in [-0.2, 0) is 6.42 Å². The number of aliphatic hydroxyl groups excluding tert-OH is 1. The second kappa shape index (κ2) is 4.25. The number of rotatable bonds is 1. The van der Waals surface area contributed by atoms with Gasteiger partial charge in [0, 0.05) is 23.1 Å². The van der Waals surface area contributed by atoms with Crippen molar-refractivity contribution in [1.82, 2.24) is 9.55 Å². The van der Waals surface area contributed by atoms with E-state index in [2.05, 4.69) is 35.5 Å². The maximum atomic E-state index is 10.1. The Morgan fingerprint density at radius 3 is 2.89 bits per heavy atom. The van der Waals surface area contributed by atoms with Crippen LogP contribution in [-0.4, -0.2) is 14.7 Å². The molecule has 0 saturated carbocycles. The van der Waals surface area contributed by atoms with Crippen LogP contribution in [0, 0.1) is 13.8 Å². The van der Waals surface area contributed by atoms with E-state index >= 15 is 0 Å². The fourth-order valence-corrected chi connectivity index (χ4v) is 2.90. The zero-order valence-electron chi connectivity index (χ0n) is 10.8. The van der Waals surface area contributed by atoms with Crippen LogP contribution in [0.3, 0.4) is 0 Å².